The fourth-order valence-electron chi connectivity index (χ4n) is 4.38. The molecule has 4 heterocycles. The van der Waals surface area contributed by atoms with E-state index in [0.717, 1.165) is 45.2 Å². The van der Waals surface area contributed by atoms with Crippen molar-refractivity contribution in [1.29, 1.82) is 0 Å². The molecule has 1 amide bonds. The number of carbonyl (C=O) groups excluding carboxylic acids is 1. The summed E-state index contributed by atoms with van der Waals surface area (Å²) in [5.41, 5.74) is 0.621. The summed E-state index contributed by atoms with van der Waals surface area (Å²) in [5, 5.41) is 0. The Morgan fingerprint density at radius 2 is 1.86 bits per heavy atom. The second-order valence-corrected chi connectivity index (χ2v) is 10.0. The number of anilines is 1. The van der Waals surface area contributed by atoms with E-state index in [2.05, 4.69) is 9.88 Å². The molecule has 0 bridgehead atoms. The molecule has 3 fully saturated rings. The third-order valence-corrected chi connectivity index (χ3v) is 7.14. The van der Waals surface area contributed by atoms with Gasteiger partial charge in [0.2, 0.25) is 11.9 Å². The van der Waals surface area contributed by atoms with Crippen LogP contribution in [0.25, 0.3) is 0 Å². The van der Waals surface area contributed by atoms with Crippen molar-refractivity contribution in [3.63, 3.8) is 0 Å². The molecule has 4 rings (SSSR count). The van der Waals surface area contributed by atoms with Crippen molar-refractivity contribution >= 4 is 21.7 Å². The lowest BCUT2D eigenvalue weighted by Crippen LogP contribution is -2.41. The van der Waals surface area contributed by atoms with Crippen LogP contribution in [0.15, 0.2) is 11.1 Å². The number of sulfone groups is 1. The maximum atomic E-state index is 12.6. The van der Waals surface area contributed by atoms with Gasteiger partial charge in [0, 0.05) is 45.0 Å². The van der Waals surface area contributed by atoms with E-state index in [-0.39, 0.29) is 22.6 Å². The Morgan fingerprint density at radius 3 is 2.46 bits per heavy atom. The highest BCUT2D eigenvalue weighted by Gasteiger charge is 2.33. The molecule has 3 aliphatic heterocycles. The minimum atomic E-state index is -3.41. The van der Waals surface area contributed by atoms with Gasteiger partial charge in [0.25, 0.3) is 0 Å². The van der Waals surface area contributed by atoms with E-state index in [9.17, 15) is 13.2 Å². The second kappa shape index (κ2) is 7.94. The van der Waals surface area contributed by atoms with E-state index < -0.39 is 9.84 Å². The first kappa shape index (κ1) is 19.6. The van der Waals surface area contributed by atoms with Crippen molar-refractivity contribution in [1.82, 2.24) is 14.9 Å². The molecule has 0 aliphatic carbocycles. The zero-order chi connectivity index (χ0) is 19.7. The average molecular weight is 409 g/mol. The van der Waals surface area contributed by atoms with Crippen molar-refractivity contribution in [2.75, 3.05) is 50.5 Å². The summed E-state index contributed by atoms with van der Waals surface area (Å²) in [6, 6.07) is 0. The normalized spacial score (nSPS) is 24.1. The number of likely N-dealkylation sites (tertiary alicyclic amines) is 1. The van der Waals surface area contributed by atoms with Gasteiger partial charge in [-0.2, -0.15) is 0 Å². The molecule has 9 heteroatoms. The summed E-state index contributed by atoms with van der Waals surface area (Å²) >= 11 is 0. The molecule has 0 unspecified atom stereocenters. The summed E-state index contributed by atoms with van der Waals surface area (Å²) in [4.78, 5) is 25.9. The van der Waals surface area contributed by atoms with Gasteiger partial charge < -0.3 is 14.5 Å². The Kier molecular flexibility index (Phi) is 5.55. The molecule has 154 valence electrons. The first-order valence-electron chi connectivity index (χ1n) is 10.1. The standard InChI is InChI=1S/C19H28N4O4S/c1-28(25,26)16-12-20-19(23-7-2-3-8-23)21-17(16)14-4-9-22(10-5-14)18(24)15-6-11-27-13-15/h12,14-15H,2-11,13H2,1H3/t15-/m0/s1. The third-order valence-electron chi connectivity index (χ3n) is 6.03. The van der Waals surface area contributed by atoms with Crippen LogP contribution in [0.1, 0.15) is 43.7 Å². The van der Waals surface area contributed by atoms with Gasteiger partial charge in [-0.1, -0.05) is 0 Å². The maximum Gasteiger partial charge on any atom is 0.228 e. The highest BCUT2D eigenvalue weighted by molar-refractivity contribution is 7.90. The van der Waals surface area contributed by atoms with Crippen LogP contribution in [-0.2, 0) is 19.4 Å². The lowest BCUT2D eigenvalue weighted by atomic mass is 9.92. The predicted molar refractivity (Wildman–Crippen MR) is 104 cm³/mol. The Labute approximate surface area is 166 Å². The van der Waals surface area contributed by atoms with Gasteiger partial charge in [0.05, 0.1) is 24.4 Å². The largest absolute Gasteiger partial charge is 0.381 e. The quantitative estimate of drug-likeness (QED) is 0.740. The Hall–Kier alpha value is -1.74. The number of rotatable bonds is 4. The van der Waals surface area contributed by atoms with Crippen LogP contribution in [0.3, 0.4) is 0 Å². The van der Waals surface area contributed by atoms with Crippen LogP contribution < -0.4 is 4.90 Å². The van der Waals surface area contributed by atoms with Crippen molar-refractivity contribution in [3.05, 3.63) is 11.9 Å². The Bertz CT molecular complexity index is 824. The van der Waals surface area contributed by atoms with E-state index in [4.69, 9.17) is 9.72 Å². The van der Waals surface area contributed by atoms with Crippen molar-refractivity contribution in [2.24, 2.45) is 5.92 Å². The number of nitrogens with zero attached hydrogens (tertiary/aromatic N) is 4. The number of hydrogen-bond donors (Lipinski definition) is 0. The topological polar surface area (TPSA) is 92.7 Å². The minimum absolute atomic E-state index is 0.0241. The number of piperidine rings is 1. The molecule has 0 spiro atoms. The average Bonchev–Trinajstić information content (AvgIpc) is 3.40. The molecule has 1 aromatic rings. The summed E-state index contributed by atoms with van der Waals surface area (Å²) < 4.78 is 29.9. The zero-order valence-corrected chi connectivity index (χ0v) is 17.2. The smallest absolute Gasteiger partial charge is 0.228 e. The van der Waals surface area contributed by atoms with Gasteiger partial charge >= 0.3 is 0 Å². The van der Waals surface area contributed by atoms with E-state index in [1.54, 1.807) is 0 Å². The summed E-state index contributed by atoms with van der Waals surface area (Å²) in [7, 11) is -3.41. The van der Waals surface area contributed by atoms with E-state index in [0.29, 0.717) is 37.9 Å². The molecule has 28 heavy (non-hydrogen) atoms. The van der Waals surface area contributed by atoms with Crippen molar-refractivity contribution < 1.29 is 17.9 Å². The molecular formula is C19H28N4O4S. The van der Waals surface area contributed by atoms with Gasteiger partial charge in [-0.15, -0.1) is 0 Å². The van der Waals surface area contributed by atoms with Gasteiger partial charge in [0.1, 0.15) is 4.90 Å². The van der Waals surface area contributed by atoms with Crippen LogP contribution >= 0.6 is 0 Å². The number of amides is 1. The molecular weight excluding hydrogens is 380 g/mol. The summed E-state index contributed by atoms with van der Waals surface area (Å²) in [6.45, 7) is 4.26. The molecule has 3 aliphatic rings. The SMILES string of the molecule is CS(=O)(=O)c1cnc(N2CCCC2)nc1C1CCN(C(=O)[C@H]2CCOC2)CC1. The summed E-state index contributed by atoms with van der Waals surface area (Å²) in [5.74, 6) is 0.795. The van der Waals surface area contributed by atoms with Crippen molar-refractivity contribution in [2.45, 2.75) is 42.9 Å². The predicted octanol–water partition coefficient (Wildman–Crippen LogP) is 1.22. The Morgan fingerprint density at radius 1 is 1.14 bits per heavy atom. The highest BCUT2D eigenvalue weighted by atomic mass is 32.2. The summed E-state index contributed by atoms with van der Waals surface area (Å²) in [6.07, 6.45) is 7.14. The lowest BCUT2D eigenvalue weighted by Gasteiger charge is -2.33. The highest BCUT2D eigenvalue weighted by Crippen LogP contribution is 2.33. The van der Waals surface area contributed by atoms with Gasteiger partial charge in [-0.05, 0) is 32.1 Å². The van der Waals surface area contributed by atoms with Crippen molar-refractivity contribution in [3.8, 4) is 0 Å². The van der Waals surface area contributed by atoms with Crippen LogP contribution in [0.5, 0.6) is 0 Å². The fourth-order valence-corrected chi connectivity index (χ4v) is 5.22. The third kappa shape index (κ3) is 4.00. The number of hydrogen-bond acceptors (Lipinski definition) is 7. The van der Waals surface area contributed by atoms with Crippen LogP contribution in [0.4, 0.5) is 5.95 Å². The molecule has 0 N–H and O–H groups in total. The number of aromatic nitrogens is 2. The fraction of sp³-hybridized carbons (Fsp3) is 0.737. The van der Waals surface area contributed by atoms with E-state index >= 15 is 0 Å². The van der Waals surface area contributed by atoms with Crippen LogP contribution in [-0.4, -0.2) is 74.8 Å². The second-order valence-electron chi connectivity index (χ2n) is 8.05. The molecule has 0 saturated carbocycles. The zero-order valence-electron chi connectivity index (χ0n) is 16.3. The molecule has 1 atom stereocenters. The van der Waals surface area contributed by atoms with Crippen LogP contribution in [0.2, 0.25) is 0 Å². The molecule has 0 aromatic carbocycles. The monoisotopic (exact) mass is 408 g/mol. The maximum absolute atomic E-state index is 12.6. The Balaban J connectivity index is 1.52. The first-order valence-corrected chi connectivity index (χ1v) is 12.0. The molecule has 8 nitrogen and oxygen atoms in total. The molecule has 3 saturated heterocycles. The molecule has 0 radical (unpaired) electrons. The van der Waals surface area contributed by atoms with Gasteiger partial charge in [-0.3, -0.25) is 4.79 Å². The first-order chi connectivity index (χ1) is 13.4. The molecule has 1 aromatic heterocycles. The van der Waals surface area contributed by atoms with Gasteiger partial charge in [-0.25, -0.2) is 18.4 Å². The van der Waals surface area contributed by atoms with E-state index in [1.807, 2.05) is 4.90 Å². The van der Waals surface area contributed by atoms with Gasteiger partial charge in [0.15, 0.2) is 9.84 Å². The lowest BCUT2D eigenvalue weighted by molar-refractivity contribution is -0.136. The number of carbonyl (C=O) groups is 1. The minimum Gasteiger partial charge on any atom is -0.381 e. The number of ether oxygens (including phenoxy) is 1. The van der Waals surface area contributed by atoms with Crippen LogP contribution in [0, 0.1) is 5.92 Å². The van der Waals surface area contributed by atoms with E-state index in [1.165, 1.54) is 12.5 Å².